The van der Waals surface area contributed by atoms with E-state index in [0.717, 1.165) is 22.4 Å². The lowest BCUT2D eigenvalue weighted by Crippen LogP contribution is -2.14. The number of nitrogens with zero attached hydrogens (tertiary/aromatic N) is 1. The molecular formula is C16H20N2O2. The molecule has 0 saturated heterocycles. The van der Waals surface area contributed by atoms with E-state index in [-0.39, 0.29) is 18.8 Å². The van der Waals surface area contributed by atoms with E-state index >= 15 is 0 Å². The molecule has 1 aromatic carbocycles. The second kappa shape index (κ2) is 6.50. The molecule has 3 N–H and O–H groups in total. The van der Waals surface area contributed by atoms with Crippen LogP contribution in [0.3, 0.4) is 0 Å². The predicted octanol–water partition coefficient (Wildman–Crippen LogP) is 2.53. The summed E-state index contributed by atoms with van der Waals surface area (Å²) in [6.45, 7) is 3.91. The van der Waals surface area contributed by atoms with Gasteiger partial charge in [-0.25, -0.2) is 0 Å². The molecule has 4 heteroatoms. The number of aliphatic hydroxyl groups excluding tert-OH is 1. The molecular weight excluding hydrogens is 252 g/mol. The van der Waals surface area contributed by atoms with Gasteiger partial charge in [-0.2, -0.15) is 0 Å². The van der Waals surface area contributed by atoms with Crippen molar-refractivity contribution in [2.75, 3.05) is 6.61 Å². The Labute approximate surface area is 119 Å². The van der Waals surface area contributed by atoms with E-state index in [4.69, 9.17) is 15.6 Å². The minimum absolute atomic E-state index is 0.0569. The van der Waals surface area contributed by atoms with Crippen LogP contribution in [-0.2, 0) is 0 Å². The summed E-state index contributed by atoms with van der Waals surface area (Å²) in [6.07, 6.45) is 3.63. The third-order valence-electron chi connectivity index (χ3n) is 2.95. The molecule has 2 aromatic rings. The van der Waals surface area contributed by atoms with Crippen LogP contribution in [0.2, 0.25) is 0 Å². The summed E-state index contributed by atoms with van der Waals surface area (Å²) in [4.78, 5) is 4.20. The average Bonchev–Trinajstić information content (AvgIpc) is 2.46. The zero-order chi connectivity index (χ0) is 14.5. The Morgan fingerprint density at radius 2 is 1.85 bits per heavy atom. The highest BCUT2D eigenvalue weighted by molar-refractivity contribution is 5.64. The van der Waals surface area contributed by atoms with E-state index in [9.17, 15) is 0 Å². The van der Waals surface area contributed by atoms with Crippen molar-refractivity contribution in [1.82, 2.24) is 4.98 Å². The number of rotatable bonds is 5. The number of pyridine rings is 1. The molecule has 0 aliphatic carbocycles. The SMILES string of the molecule is CC(C)Oc1cncc(-c2ccc([C@H](N)CO)cc2)c1. The first kappa shape index (κ1) is 14.5. The summed E-state index contributed by atoms with van der Waals surface area (Å²) >= 11 is 0. The van der Waals surface area contributed by atoms with Crippen molar-refractivity contribution in [2.45, 2.75) is 26.0 Å². The fraction of sp³-hybridized carbons (Fsp3) is 0.312. The topological polar surface area (TPSA) is 68.4 Å². The van der Waals surface area contributed by atoms with Crippen LogP contribution in [0.1, 0.15) is 25.5 Å². The van der Waals surface area contributed by atoms with Crippen LogP contribution < -0.4 is 10.5 Å². The second-order valence-corrected chi connectivity index (χ2v) is 4.99. The highest BCUT2D eigenvalue weighted by atomic mass is 16.5. The van der Waals surface area contributed by atoms with E-state index in [1.54, 1.807) is 12.4 Å². The van der Waals surface area contributed by atoms with Crippen LogP contribution in [0.5, 0.6) is 5.75 Å². The standard InChI is InChI=1S/C16H20N2O2/c1-11(2)20-15-7-14(8-18-9-15)12-3-5-13(6-4-12)16(17)10-19/h3-9,11,16,19H,10,17H2,1-2H3/t16-/m1/s1. The van der Waals surface area contributed by atoms with Crippen molar-refractivity contribution < 1.29 is 9.84 Å². The van der Waals surface area contributed by atoms with Crippen LogP contribution in [0.15, 0.2) is 42.7 Å². The molecule has 0 bridgehead atoms. The maximum absolute atomic E-state index is 9.04. The molecule has 1 heterocycles. The highest BCUT2D eigenvalue weighted by Crippen LogP contribution is 2.24. The first-order chi connectivity index (χ1) is 9.60. The molecule has 0 radical (unpaired) electrons. The van der Waals surface area contributed by atoms with Gasteiger partial charge in [-0.3, -0.25) is 4.98 Å². The van der Waals surface area contributed by atoms with Crippen LogP contribution in [-0.4, -0.2) is 22.8 Å². The van der Waals surface area contributed by atoms with Crippen LogP contribution in [0, 0.1) is 0 Å². The molecule has 20 heavy (non-hydrogen) atoms. The molecule has 106 valence electrons. The molecule has 0 aliphatic rings. The lowest BCUT2D eigenvalue weighted by molar-refractivity contribution is 0.241. The summed E-state index contributed by atoms with van der Waals surface area (Å²) in [7, 11) is 0. The van der Waals surface area contributed by atoms with Gasteiger partial charge >= 0.3 is 0 Å². The Bertz CT molecular complexity index is 553. The number of aromatic nitrogens is 1. The lowest BCUT2D eigenvalue weighted by atomic mass is 10.0. The Morgan fingerprint density at radius 1 is 1.15 bits per heavy atom. The van der Waals surface area contributed by atoms with Gasteiger partial charge in [0.2, 0.25) is 0 Å². The first-order valence-electron chi connectivity index (χ1n) is 6.68. The van der Waals surface area contributed by atoms with Gasteiger partial charge in [0.05, 0.1) is 24.9 Å². The van der Waals surface area contributed by atoms with Crippen LogP contribution >= 0.6 is 0 Å². The van der Waals surface area contributed by atoms with E-state index in [2.05, 4.69) is 4.98 Å². The van der Waals surface area contributed by atoms with Crippen molar-refractivity contribution in [3.05, 3.63) is 48.3 Å². The molecule has 1 atom stereocenters. The molecule has 0 amide bonds. The summed E-state index contributed by atoms with van der Waals surface area (Å²) in [5.74, 6) is 0.758. The fourth-order valence-corrected chi connectivity index (χ4v) is 1.94. The van der Waals surface area contributed by atoms with Gasteiger partial charge in [0.15, 0.2) is 0 Å². The smallest absolute Gasteiger partial charge is 0.138 e. The Morgan fingerprint density at radius 3 is 2.45 bits per heavy atom. The van der Waals surface area contributed by atoms with Gasteiger partial charge in [0.25, 0.3) is 0 Å². The van der Waals surface area contributed by atoms with Gasteiger partial charge in [-0.05, 0) is 31.0 Å². The quantitative estimate of drug-likeness (QED) is 0.877. The highest BCUT2D eigenvalue weighted by Gasteiger charge is 2.06. The van der Waals surface area contributed by atoms with E-state index < -0.39 is 0 Å². The van der Waals surface area contributed by atoms with Crippen molar-refractivity contribution in [1.29, 1.82) is 0 Å². The molecule has 0 unspecified atom stereocenters. The van der Waals surface area contributed by atoms with Crippen LogP contribution in [0.4, 0.5) is 0 Å². The Kier molecular flexibility index (Phi) is 4.71. The third-order valence-corrected chi connectivity index (χ3v) is 2.95. The fourth-order valence-electron chi connectivity index (χ4n) is 1.94. The van der Waals surface area contributed by atoms with Gasteiger partial charge in [0.1, 0.15) is 5.75 Å². The van der Waals surface area contributed by atoms with Crippen molar-refractivity contribution in [3.63, 3.8) is 0 Å². The third kappa shape index (κ3) is 3.56. The maximum Gasteiger partial charge on any atom is 0.138 e. The van der Waals surface area contributed by atoms with E-state index in [1.165, 1.54) is 0 Å². The number of hydrogen-bond acceptors (Lipinski definition) is 4. The summed E-state index contributed by atoms with van der Waals surface area (Å²) in [6, 6.07) is 9.42. The van der Waals surface area contributed by atoms with Crippen LogP contribution in [0.25, 0.3) is 11.1 Å². The first-order valence-corrected chi connectivity index (χ1v) is 6.68. The maximum atomic E-state index is 9.04. The largest absolute Gasteiger partial charge is 0.489 e. The zero-order valence-corrected chi connectivity index (χ0v) is 11.8. The molecule has 0 spiro atoms. The van der Waals surface area contributed by atoms with E-state index in [0.29, 0.717) is 0 Å². The monoisotopic (exact) mass is 272 g/mol. The normalized spacial score (nSPS) is 12.4. The second-order valence-electron chi connectivity index (χ2n) is 4.99. The van der Waals surface area contributed by atoms with Crippen molar-refractivity contribution >= 4 is 0 Å². The van der Waals surface area contributed by atoms with Gasteiger partial charge in [0, 0.05) is 11.8 Å². The number of benzene rings is 1. The molecule has 1 aromatic heterocycles. The minimum Gasteiger partial charge on any atom is -0.489 e. The number of aliphatic hydroxyl groups is 1. The lowest BCUT2D eigenvalue weighted by Gasteiger charge is -2.11. The van der Waals surface area contributed by atoms with Gasteiger partial charge in [-0.15, -0.1) is 0 Å². The molecule has 0 saturated carbocycles. The molecule has 2 rings (SSSR count). The summed E-state index contributed by atoms with van der Waals surface area (Å²) in [5, 5.41) is 9.04. The summed E-state index contributed by atoms with van der Waals surface area (Å²) in [5.41, 5.74) is 8.73. The molecule has 0 aliphatic heterocycles. The molecule has 0 fully saturated rings. The Hall–Kier alpha value is -1.91. The number of ether oxygens (including phenoxy) is 1. The zero-order valence-electron chi connectivity index (χ0n) is 11.8. The van der Waals surface area contributed by atoms with Gasteiger partial charge < -0.3 is 15.6 Å². The summed E-state index contributed by atoms with van der Waals surface area (Å²) < 4.78 is 5.64. The van der Waals surface area contributed by atoms with Crippen molar-refractivity contribution in [2.24, 2.45) is 5.73 Å². The van der Waals surface area contributed by atoms with E-state index in [1.807, 2.05) is 44.2 Å². The molecule has 4 nitrogen and oxygen atoms in total. The Balaban J connectivity index is 2.23. The van der Waals surface area contributed by atoms with Gasteiger partial charge in [-0.1, -0.05) is 24.3 Å². The average molecular weight is 272 g/mol. The number of nitrogens with two attached hydrogens (primary N) is 1. The number of hydrogen-bond donors (Lipinski definition) is 2. The van der Waals surface area contributed by atoms with Crippen molar-refractivity contribution in [3.8, 4) is 16.9 Å². The predicted molar refractivity (Wildman–Crippen MR) is 79.5 cm³/mol. The minimum atomic E-state index is -0.335.